The quantitative estimate of drug-likeness (QED) is 0.475. The van der Waals surface area contributed by atoms with Crippen molar-refractivity contribution in [2.24, 2.45) is 0 Å². The van der Waals surface area contributed by atoms with Gasteiger partial charge in [0.05, 0.1) is 6.61 Å². The summed E-state index contributed by atoms with van der Waals surface area (Å²) < 4.78 is 9.87. The van der Waals surface area contributed by atoms with Crippen molar-refractivity contribution >= 4 is 17.7 Å². The molecular formula is C10H21NO3S. The number of carbonyl (C=O) groups excluding carboxylic acids is 1. The first-order valence-electron chi connectivity index (χ1n) is 5.16. The van der Waals surface area contributed by atoms with Gasteiger partial charge in [0.2, 0.25) is 0 Å². The molecule has 4 nitrogen and oxygen atoms in total. The van der Waals surface area contributed by atoms with Crippen LogP contribution in [0.15, 0.2) is 0 Å². The van der Waals surface area contributed by atoms with Crippen molar-refractivity contribution in [1.82, 2.24) is 5.32 Å². The molecule has 1 N–H and O–H groups in total. The predicted molar refractivity (Wildman–Crippen MR) is 63.3 cm³/mol. The fraction of sp³-hybridized carbons (Fsp3) is 0.900. The Balaban J connectivity index is 3.56. The standard InChI is InChI=1S/C10H21NO3S/c1-4-14-10(12)9(11-2)8-15-7-5-6-13-3/h9,11H,4-8H2,1-3H3. The SMILES string of the molecule is CCOC(=O)C(CSCCCOC)NC. The van der Waals surface area contributed by atoms with E-state index in [1.54, 1.807) is 25.9 Å². The zero-order valence-corrected chi connectivity index (χ0v) is 10.6. The van der Waals surface area contributed by atoms with Gasteiger partial charge in [-0.25, -0.2) is 0 Å². The van der Waals surface area contributed by atoms with Gasteiger partial charge in [0.15, 0.2) is 0 Å². The van der Waals surface area contributed by atoms with E-state index < -0.39 is 0 Å². The summed E-state index contributed by atoms with van der Waals surface area (Å²) in [5.41, 5.74) is 0. The highest BCUT2D eigenvalue weighted by atomic mass is 32.2. The third-order valence-corrected chi connectivity index (χ3v) is 2.99. The Kier molecular flexibility index (Phi) is 10.1. The molecule has 5 heteroatoms. The van der Waals surface area contributed by atoms with Gasteiger partial charge >= 0.3 is 5.97 Å². The van der Waals surface area contributed by atoms with Gasteiger partial charge in [0.1, 0.15) is 6.04 Å². The van der Waals surface area contributed by atoms with Gasteiger partial charge in [-0.3, -0.25) is 4.79 Å². The van der Waals surface area contributed by atoms with Crippen LogP contribution in [0.25, 0.3) is 0 Å². The van der Waals surface area contributed by atoms with E-state index in [9.17, 15) is 4.79 Å². The van der Waals surface area contributed by atoms with E-state index in [0.29, 0.717) is 6.61 Å². The first kappa shape index (κ1) is 14.7. The van der Waals surface area contributed by atoms with Gasteiger partial charge in [-0.05, 0) is 26.1 Å². The molecule has 0 heterocycles. The summed E-state index contributed by atoms with van der Waals surface area (Å²) in [4.78, 5) is 11.4. The second kappa shape index (κ2) is 10.3. The summed E-state index contributed by atoms with van der Waals surface area (Å²) in [5.74, 6) is 1.59. The lowest BCUT2D eigenvalue weighted by Crippen LogP contribution is -2.37. The highest BCUT2D eigenvalue weighted by Gasteiger charge is 2.16. The summed E-state index contributed by atoms with van der Waals surface area (Å²) in [7, 11) is 3.47. The average Bonchev–Trinajstić information content (AvgIpc) is 2.23. The van der Waals surface area contributed by atoms with E-state index in [-0.39, 0.29) is 12.0 Å². The topological polar surface area (TPSA) is 47.6 Å². The summed E-state index contributed by atoms with van der Waals surface area (Å²) in [6.45, 7) is 3.03. The van der Waals surface area contributed by atoms with E-state index in [4.69, 9.17) is 9.47 Å². The van der Waals surface area contributed by atoms with Gasteiger partial charge < -0.3 is 14.8 Å². The molecule has 0 spiro atoms. The molecule has 0 aliphatic carbocycles. The number of esters is 1. The maximum atomic E-state index is 11.4. The molecule has 0 saturated heterocycles. The minimum absolute atomic E-state index is 0.167. The number of likely N-dealkylation sites (N-methyl/N-ethyl adjacent to an activating group) is 1. The molecule has 0 aromatic heterocycles. The molecule has 0 aliphatic heterocycles. The van der Waals surface area contributed by atoms with Crippen molar-refractivity contribution in [2.45, 2.75) is 19.4 Å². The van der Waals surface area contributed by atoms with Gasteiger partial charge in [0.25, 0.3) is 0 Å². The minimum atomic E-state index is -0.197. The van der Waals surface area contributed by atoms with Crippen LogP contribution in [0.1, 0.15) is 13.3 Å². The zero-order valence-electron chi connectivity index (χ0n) is 9.75. The van der Waals surface area contributed by atoms with Gasteiger partial charge in [-0.15, -0.1) is 0 Å². The number of hydrogen-bond donors (Lipinski definition) is 1. The molecule has 1 unspecified atom stereocenters. The predicted octanol–water partition coefficient (Wildman–Crippen LogP) is 0.907. The fourth-order valence-electron chi connectivity index (χ4n) is 1.02. The lowest BCUT2D eigenvalue weighted by molar-refractivity contribution is -0.144. The van der Waals surface area contributed by atoms with Crippen molar-refractivity contribution in [3.05, 3.63) is 0 Å². The Hall–Kier alpha value is -0.260. The number of methoxy groups -OCH3 is 1. The molecule has 15 heavy (non-hydrogen) atoms. The van der Waals surface area contributed by atoms with Crippen LogP contribution in [0.2, 0.25) is 0 Å². The lowest BCUT2D eigenvalue weighted by atomic mass is 10.3. The van der Waals surface area contributed by atoms with Crippen molar-refractivity contribution < 1.29 is 14.3 Å². The number of rotatable bonds is 9. The summed E-state index contributed by atoms with van der Waals surface area (Å²) in [6.07, 6.45) is 1.01. The van der Waals surface area contributed by atoms with E-state index in [1.807, 2.05) is 6.92 Å². The highest BCUT2D eigenvalue weighted by Crippen LogP contribution is 2.06. The van der Waals surface area contributed by atoms with Crippen LogP contribution in [0.5, 0.6) is 0 Å². The number of carbonyl (C=O) groups is 1. The summed E-state index contributed by atoms with van der Waals surface area (Å²) in [6, 6.07) is -0.197. The summed E-state index contributed by atoms with van der Waals surface area (Å²) >= 11 is 1.74. The fourth-order valence-corrected chi connectivity index (χ4v) is 2.05. The summed E-state index contributed by atoms with van der Waals surface area (Å²) in [5, 5.41) is 2.95. The maximum Gasteiger partial charge on any atom is 0.323 e. The molecule has 0 bridgehead atoms. The Morgan fingerprint density at radius 3 is 2.80 bits per heavy atom. The number of hydrogen-bond acceptors (Lipinski definition) is 5. The molecule has 1 atom stereocenters. The minimum Gasteiger partial charge on any atom is -0.465 e. The van der Waals surface area contributed by atoms with E-state index in [0.717, 1.165) is 24.5 Å². The second-order valence-corrected chi connectivity index (χ2v) is 4.16. The lowest BCUT2D eigenvalue weighted by Gasteiger charge is -2.13. The van der Waals surface area contributed by atoms with Crippen LogP contribution in [0.4, 0.5) is 0 Å². The molecule has 0 aromatic rings. The van der Waals surface area contributed by atoms with Crippen LogP contribution in [-0.2, 0) is 14.3 Å². The van der Waals surface area contributed by atoms with Gasteiger partial charge in [-0.1, -0.05) is 0 Å². The van der Waals surface area contributed by atoms with Crippen molar-refractivity contribution in [3.8, 4) is 0 Å². The Labute approximate surface area is 96.1 Å². The third-order valence-electron chi connectivity index (χ3n) is 1.84. The van der Waals surface area contributed by atoms with Gasteiger partial charge in [-0.2, -0.15) is 11.8 Å². The van der Waals surface area contributed by atoms with Crippen LogP contribution >= 0.6 is 11.8 Å². The Morgan fingerprint density at radius 2 is 2.27 bits per heavy atom. The van der Waals surface area contributed by atoms with Crippen LogP contribution in [0, 0.1) is 0 Å². The molecule has 0 rings (SSSR count). The Morgan fingerprint density at radius 1 is 1.53 bits per heavy atom. The third kappa shape index (κ3) is 7.64. The zero-order chi connectivity index (χ0) is 11.5. The number of nitrogens with one attached hydrogen (secondary N) is 1. The normalized spacial score (nSPS) is 12.5. The smallest absolute Gasteiger partial charge is 0.323 e. The molecule has 0 aromatic carbocycles. The van der Waals surface area contributed by atoms with Crippen LogP contribution in [0.3, 0.4) is 0 Å². The molecule has 0 aliphatic rings. The van der Waals surface area contributed by atoms with E-state index in [2.05, 4.69) is 5.32 Å². The van der Waals surface area contributed by atoms with Gasteiger partial charge in [0, 0.05) is 19.5 Å². The number of thioether (sulfide) groups is 1. The van der Waals surface area contributed by atoms with Crippen molar-refractivity contribution in [2.75, 3.05) is 38.9 Å². The number of ether oxygens (including phenoxy) is 2. The molecule has 0 amide bonds. The molecule has 0 saturated carbocycles. The van der Waals surface area contributed by atoms with Crippen molar-refractivity contribution in [1.29, 1.82) is 0 Å². The van der Waals surface area contributed by atoms with E-state index >= 15 is 0 Å². The van der Waals surface area contributed by atoms with Crippen molar-refractivity contribution in [3.63, 3.8) is 0 Å². The molecular weight excluding hydrogens is 214 g/mol. The Bertz CT molecular complexity index is 167. The molecule has 0 fully saturated rings. The monoisotopic (exact) mass is 235 g/mol. The second-order valence-electron chi connectivity index (χ2n) is 3.01. The first-order chi connectivity index (χ1) is 7.26. The maximum absolute atomic E-state index is 11.4. The largest absolute Gasteiger partial charge is 0.465 e. The van der Waals surface area contributed by atoms with E-state index in [1.165, 1.54) is 0 Å². The van der Waals surface area contributed by atoms with Crippen LogP contribution in [-0.4, -0.2) is 50.9 Å². The average molecular weight is 235 g/mol. The molecule has 0 radical (unpaired) electrons. The first-order valence-corrected chi connectivity index (χ1v) is 6.32. The van der Waals surface area contributed by atoms with Crippen LogP contribution < -0.4 is 5.32 Å². The highest BCUT2D eigenvalue weighted by molar-refractivity contribution is 7.99. The molecule has 90 valence electrons.